The van der Waals surface area contributed by atoms with Crippen LogP contribution in [0.5, 0.6) is 5.75 Å². The fraction of sp³-hybridized carbons (Fsp3) is 0.235. The molecule has 2 aromatic carbocycles. The van der Waals surface area contributed by atoms with Gasteiger partial charge in [-0.1, -0.05) is 17.7 Å². The number of sulfonamides is 1. The van der Waals surface area contributed by atoms with E-state index in [9.17, 15) is 13.2 Å². The lowest BCUT2D eigenvalue weighted by Crippen LogP contribution is -2.34. The minimum absolute atomic E-state index is 0.160. The molecule has 0 radical (unpaired) electrons. The highest BCUT2D eigenvalue weighted by atomic mass is 32.2. The molecule has 128 valence electrons. The average molecular weight is 348 g/mol. The van der Waals surface area contributed by atoms with Crippen LogP contribution in [-0.2, 0) is 14.8 Å². The molecule has 0 fully saturated rings. The number of nitrogens with zero attached hydrogens (tertiary/aromatic N) is 1. The maximum atomic E-state index is 12.4. The molecule has 0 aliphatic heterocycles. The van der Waals surface area contributed by atoms with Gasteiger partial charge in [0.2, 0.25) is 15.9 Å². The van der Waals surface area contributed by atoms with E-state index in [1.165, 1.54) is 19.2 Å². The van der Waals surface area contributed by atoms with Crippen LogP contribution in [-0.4, -0.2) is 39.3 Å². The second-order valence-electron chi connectivity index (χ2n) is 5.35. The zero-order valence-corrected chi connectivity index (χ0v) is 14.6. The molecule has 24 heavy (non-hydrogen) atoms. The second-order valence-corrected chi connectivity index (χ2v) is 7.40. The number of likely N-dealkylation sites (N-methyl/N-ethyl adjacent to an activating group) is 1. The topological polar surface area (TPSA) is 75.7 Å². The van der Waals surface area contributed by atoms with Crippen molar-refractivity contribution in [3.63, 3.8) is 0 Å². The molecule has 0 aromatic heterocycles. The van der Waals surface area contributed by atoms with Gasteiger partial charge in [-0.2, -0.15) is 4.31 Å². The molecule has 2 rings (SSSR count). The summed E-state index contributed by atoms with van der Waals surface area (Å²) in [7, 11) is -0.769. The van der Waals surface area contributed by atoms with Gasteiger partial charge in [0.1, 0.15) is 5.75 Å². The smallest absolute Gasteiger partial charge is 0.243 e. The molecule has 0 saturated heterocycles. The Kier molecular flexibility index (Phi) is 5.58. The predicted molar refractivity (Wildman–Crippen MR) is 92.6 cm³/mol. The Balaban J connectivity index is 2.03. The van der Waals surface area contributed by atoms with Crippen molar-refractivity contribution in [2.24, 2.45) is 0 Å². The van der Waals surface area contributed by atoms with Gasteiger partial charge >= 0.3 is 0 Å². The largest absolute Gasteiger partial charge is 0.497 e. The summed E-state index contributed by atoms with van der Waals surface area (Å²) < 4.78 is 31.0. The predicted octanol–water partition coefficient (Wildman–Crippen LogP) is 2.26. The third-order valence-electron chi connectivity index (χ3n) is 3.47. The SMILES string of the molecule is COc1ccc(NC(=O)CN(C)S(=O)(=O)c2ccc(C)cc2)cc1. The fourth-order valence-corrected chi connectivity index (χ4v) is 3.18. The first kappa shape index (κ1) is 18.0. The van der Waals surface area contributed by atoms with E-state index in [0.29, 0.717) is 11.4 Å². The monoisotopic (exact) mass is 348 g/mol. The lowest BCUT2D eigenvalue weighted by molar-refractivity contribution is -0.116. The van der Waals surface area contributed by atoms with Crippen molar-refractivity contribution in [1.82, 2.24) is 4.31 Å². The summed E-state index contributed by atoms with van der Waals surface area (Å²) >= 11 is 0. The molecule has 6 nitrogen and oxygen atoms in total. The number of hydrogen-bond donors (Lipinski definition) is 1. The van der Waals surface area contributed by atoms with Gasteiger partial charge in [0, 0.05) is 12.7 Å². The molecule has 2 aromatic rings. The Morgan fingerprint density at radius 3 is 2.21 bits per heavy atom. The van der Waals surface area contributed by atoms with Gasteiger partial charge in [-0.15, -0.1) is 0 Å². The second kappa shape index (κ2) is 7.46. The van der Waals surface area contributed by atoms with Crippen molar-refractivity contribution >= 4 is 21.6 Å². The van der Waals surface area contributed by atoms with Crippen LogP contribution in [0.4, 0.5) is 5.69 Å². The summed E-state index contributed by atoms with van der Waals surface area (Å²) in [5.74, 6) is 0.255. The number of benzene rings is 2. The number of rotatable bonds is 6. The lowest BCUT2D eigenvalue weighted by atomic mass is 10.2. The molecule has 0 spiro atoms. The Morgan fingerprint density at radius 2 is 1.67 bits per heavy atom. The van der Waals surface area contributed by atoms with E-state index >= 15 is 0 Å². The molecule has 0 saturated carbocycles. The number of nitrogens with one attached hydrogen (secondary N) is 1. The summed E-state index contributed by atoms with van der Waals surface area (Å²) in [4.78, 5) is 12.2. The number of aryl methyl sites for hydroxylation is 1. The highest BCUT2D eigenvalue weighted by Crippen LogP contribution is 2.17. The molecule has 0 aliphatic rings. The zero-order chi connectivity index (χ0) is 17.7. The number of anilines is 1. The average Bonchev–Trinajstić information content (AvgIpc) is 2.55. The van der Waals surface area contributed by atoms with E-state index in [1.807, 2.05) is 6.92 Å². The van der Waals surface area contributed by atoms with E-state index in [4.69, 9.17) is 4.74 Å². The number of amides is 1. The normalized spacial score (nSPS) is 11.3. The van der Waals surface area contributed by atoms with Crippen LogP contribution in [0.1, 0.15) is 5.56 Å². The summed E-state index contributed by atoms with van der Waals surface area (Å²) in [6.07, 6.45) is 0. The molecule has 1 amide bonds. The van der Waals surface area contributed by atoms with Crippen LogP contribution in [0.25, 0.3) is 0 Å². The Morgan fingerprint density at radius 1 is 1.08 bits per heavy atom. The van der Waals surface area contributed by atoms with Gasteiger partial charge in [0.25, 0.3) is 0 Å². The van der Waals surface area contributed by atoms with E-state index in [0.717, 1.165) is 9.87 Å². The first-order valence-electron chi connectivity index (χ1n) is 7.30. The van der Waals surface area contributed by atoms with Crippen LogP contribution in [0.15, 0.2) is 53.4 Å². The van der Waals surface area contributed by atoms with Gasteiger partial charge < -0.3 is 10.1 Å². The number of ether oxygens (including phenoxy) is 1. The molecule has 0 aliphatic carbocycles. The zero-order valence-electron chi connectivity index (χ0n) is 13.8. The number of carbonyl (C=O) groups is 1. The van der Waals surface area contributed by atoms with E-state index in [-0.39, 0.29) is 11.4 Å². The molecule has 7 heteroatoms. The molecule has 0 atom stereocenters. The minimum atomic E-state index is -3.70. The maximum Gasteiger partial charge on any atom is 0.243 e. The Labute approximate surface area is 142 Å². The van der Waals surface area contributed by atoms with Crippen LogP contribution < -0.4 is 10.1 Å². The highest BCUT2D eigenvalue weighted by molar-refractivity contribution is 7.89. The Bertz CT molecular complexity index is 799. The standard InChI is InChI=1S/C17H20N2O4S/c1-13-4-10-16(11-5-13)24(21,22)19(2)12-17(20)18-14-6-8-15(23-3)9-7-14/h4-11H,12H2,1-3H3,(H,18,20). The van der Waals surface area contributed by atoms with Gasteiger partial charge in [-0.3, -0.25) is 4.79 Å². The van der Waals surface area contributed by atoms with Crippen LogP contribution >= 0.6 is 0 Å². The van der Waals surface area contributed by atoms with Gasteiger partial charge in [0.15, 0.2) is 0 Å². The van der Waals surface area contributed by atoms with Crippen molar-refractivity contribution < 1.29 is 17.9 Å². The summed E-state index contributed by atoms with van der Waals surface area (Å²) in [6, 6.07) is 13.3. The number of methoxy groups -OCH3 is 1. The Hall–Kier alpha value is -2.38. The molecule has 0 unspecified atom stereocenters. The van der Waals surface area contributed by atoms with Crippen LogP contribution in [0.3, 0.4) is 0 Å². The molecule has 0 bridgehead atoms. The van der Waals surface area contributed by atoms with Crippen molar-refractivity contribution in [2.75, 3.05) is 26.0 Å². The summed E-state index contributed by atoms with van der Waals surface area (Å²) in [5, 5.41) is 2.66. The first-order valence-corrected chi connectivity index (χ1v) is 8.74. The summed E-state index contributed by atoms with van der Waals surface area (Å²) in [6.45, 7) is 1.60. The number of carbonyl (C=O) groups excluding carboxylic acids is 1. The quantitative estimate of drug-likeness (QED) is 0.869. The van der Waals surface area contributed by atoms with E-state index in [1.54, 1.807) is 43.5 Å². The van der Waals surface area contributed by atoms with E-state index in [2.05, 4.69) is 5.32 Å². The maximum absolute atomic E-state index is 12.4. The van der Waals surface area contributed by atoms with Gasteiger partial charge in [-0.25, -0.2) is 8.42 Å². The fourth-order valence-electron chi connectivity index (χ4n) is 2.05. The molecular weight excluding hydrogens is 328 g/mol. The lowest BCUT2D eigenvalue weighted by Gasteiger charge is -2.17. The van der Waals surface area contributed by atoms with Gasteiger partial charge in [-0.05, 0) is 43.3 Å². The van der Waals surface area contributed by atoms with Crippen molar-refractivity contribution in [3.8, 4) is 5.75 Å². The third-order valence-corrected chi connectivity index (χ3v) is 5.29. The third kappa shape index (κ3) is 4.33. The summed E-state index contributed by atoms with van der Waals surface area (Å²) in [5.41, 5.74) is 1.54. The van der Waals surface area contributed by atoms with Crippen LogP contribution in [0.2, 0.25) is 0 Å². The minimum Gasteiger partial charge on any atom is -0.497 e. The van der Waals surface area contributed by atoms with E-state index < -0.39 is 15.9 Å². The van der Waals surface area contributed by atoms with Crippen molar-refractivity contribution in [3.05, 3.63) is 54.1 Å². The van der Waals surface area contributed by atoms with Crippen LogP contribution in [0, 0.1) is 6.92 Å². The molecular formula is C17H20N2O4S. The number of hydrogen-bond acceptors (Lipinski definition) is 4. The van der Waals surface area contributed by atoms with Gasteiger partial charge in [0.05, 0.1) is 18.6 Å². The molecule has 0 heterocycles. The van der Waals surface area contributed by atoms with Crippen molar-refractivity contribution in [1.29, 1.82) is 0 Å². The highest BCUT2D eigenvalue weighted by Gasteiger charge is 2.22. The van der Waals surface area contributed by atoms with Crippen molar-refractivity contribution in [2.45, 2.75) is 11.8 Å². The molecule has 1 N–H and O–H groups in total. The first-order chi connectivity index (χ1) is 11.3.